The number of aromatic nitrogens is 3. The Kier molecular flexibility index (Phi) is 4.55. The molecule has 0 spiro atoms. The van der Waals surface area contributed by atoms with Crippen molar-refractivity contribution in [3.8, 4) is 5.69 Å². The molecule has 0 aliphatic carbocycles. The lowest BCUT2D eigenvalue weighted by Gasteiger charge is -2.08. The Bertz CT molecular complexity index is 968. The van der Waals surface area contributed by atoms with Crippen LogP contribution >= 0.6 is 11.6 Å². The van der Waals surface area contributed by atoms with Crippen LogP contribution < -0.4 is 5.32 Å². The summed E-state index contributed by atoms with van der Waals surface area (Å²) in [4.78, 5) is 12.5. The number of hydrogen-bond donors (Lipinski definition) is 1. The summed E-state index contributed by atoms with van der Waals surface area (Å²) in [5, 5.41) is 11.2. The SMILES string of the molecule is Cc1ccc(-n2nnc(C(=O)Nc3cc(Cl)ccc3C)c2C)cc1F. The Morgan fingerprint density at radius 3 is 2.56 bits per heavy atom. The van der Waals surface area contributed by atoms with Crippen LogP contribution in [0.4, 0.5) is 10.1 Å². The molecular formula is C18H16ClFN4O. The second-order valence-corrected chi connectivity index (χ2v) is 6.22. The van der Waals surface area contributed by atoms with E-state index >= 15 is 0 Å². The minimum Gasteiger partial charge on any atom is -0.320 e. The van der Waals surface area contributed by atoms with Gasteiger partial charge in [0.05, 0.1) is 11.4 Å². The minimum atomic E-state index is -0.401. The maximum absolute atomic E-state index is 13.8. The smallest absolute Gasteiger partial charge is 0.278 e. The number of aryl methyl sites for hydroxylation is 2. The summed E-state index contributed by atoms with van der Waals surface area (Å²) < 4.78 is 15.2. The third-order valence-corrected chi connectivity index (χ3v) is 4.19. The molecule has 1 N–H and O–H groups in total. The highest BCUT2D eigenvalue weighted by atomic mass is 35.5. The Hall–Kier alpha value is -2.73. The van der Waals surface area contributed by atoms with Crippen LogP contribution in [0, 0.1) is 26.6 Å². The van der Waals surface area contributed by atoms with Gasteiger partial charge in [-0.2, -0.15) is 0 Å². The van der Waals surface area contributed by atoms with Crippen molar-refractivity contribution in [2.75, 3.05) is 5.32 Å². The van der Waals surface area contributed by atoms with Crippen molar-refractivity contribution in [3.05, 3.63) is 69.8 Å². The molecule has 1 heterocycles. The highest BCUT2D eigenvalue weighted by Gasteiger charge is 2.18. The molecule has 0 unspecified atom stereocenters. The number of carbonyl (C=O) groups is 1. The van der Waals surface area contributed by atoms with Crippen LogP contribution in [0.3, 0.4) is 0 Å². The van der Waals surface area contributed by atoms with Gasteiger partial charge in [-0.1, -0.05) is 28.9 Å². The molecule has 1 amide bonds. The molecule has 1 aromatic heterocycles. The lowest BCUT2D eigenvalue weighted by Crippen LogP contribution is -2.15. The van der Waals surface area contributed by atoms with E-state index in [2.05, 4.69) is 15.6 Å². The molecule has 0 atom stereocenters. The van der Waals surface area contributed by atoms with E-state index < -0.39 is 5.91 Å². The van der Waals surface area contributed by atoms with E-state index in [9.17, 15) is 9.18 Å². The van der Waals surface area contributed by atoms with Crippen molar-refractivity contribution < 1.29 is 9.18 Å². The average molecular weight is 359 g/mol. The number of halogens is 2. The van der Waals surface area contributed by atoms with Crippen LogP contribution in [-0.4, -0.2) is 20.9 Å². The van der Waals surface area contributed by atoms with E-state index in [0.29, 0.717) is 27.7 Å². The summed E-state index contributed by atoms with van der Waals surface area (Å²) in [6, 6.07) is 9.98. The van der Waals surface area contributed by atoms with Gasteiger partial charge in [-0.3, -0.25) is 4.79 Å². The molecule has 7 heteroatoms. The first-order valence-corrected chi connectivity index (χ1v) is 8.01. The Labute approximate surface area is 149 Å². The zero-order valence-corrected chi connectivity index (χ0v) is 14.7. The van der Waals surface area contributed by atoms with E-state index in [1.54, 1.807) is 38.1 Å². The molecule has 25 heavy (non-hydrogen) atoms. The van der Waals surface area contributed by atoms with Gasteiger partial charge in [0.25, 0.3) is 5.91 Å². The number of nitrogens with zero attached hydrogens (tertiary/aromatic N) is 3. The fourth-order valence-electron chi connectivity index (χ4n) is 2.41. The largest absolute Gasteiger partial charge is 0.320 e. The van der Waals surface area contributed by atoms with Gasteiger partial charge < -0.3 is 5.32 Å². The van der Waals surface area contributed by atoms with Crippen molar-refractivity contribution >= 4 is 23.2 Å². The van der Waals surface area contributed by atoms with Crippen molar-refractivity contribution in [2.45, 2.75) is 20.8 Å². The summed E-state index contributed by atoms with van der Waals surface area (Å²) in [5.74, 6) is -0.741. The topological polar surface area (TPSA) is 59.8 Å². The fraction of sp³-hybridized carbons (Fsp3) is 0.167. The standard InChI is InChI=1S/C18H16ClFN4O/c1-10-5-7-14(9-15(10)20)24-12(3)17(22-23-24)18(25)21-16-8-13(19)6-4-11(16)2/h4-9H,1-3H3,(H,21,25). The van der Waals surface area contributed by atoms with Crippen molar-refractivity contribution in [1.82, 2.24) is 15.0 Å². The summed E-state index contributed by atoms with van der Waals surface area (Å²) in [7, 11) is 0. The first-order valence-electron chi connectivity index (χ1n) is 7.63. The van der Waals surface area contributed by atoms with Crippen LogP contribution in [0.1, 0.15) is 27.3 Å². The highest BCUT2D eigenvalue weighted by molar-refractivity contribution is 6.31. The first-order chi connectivity index (χ1) is 11.9. The normalized spacial score (nSPS) is 10.8. The third-order valence-electron chi connectivity index (χ3n) is 3.96. The highest BCUT2D eigenvalue weighted by Crippen LogP contribution is 2.22. The van der Waals surface area contributed by atoms with Crippen LogP contribution in [0.5, 0.6) is 0 Å². The summed E-state index contributed by atoms with van der Waals surface area (Å²) >= 11 is 5.97. The summed E-state index contributed by atoms with van der Waals surface area (Å²) in [6.07, 6.45) is 0. The zero-order valence-electron chi connectivity index (χ0n) is 14.0. The molecule has 0 saturated carbocycles. The summed E-state index contributed by atoms with van der Waals surface area (Å²) in [6.45, 7) is 5.25. The van der Waals surface area contributed by atoms with Gasteiger partial charge in [0.2, 0.25) is 0 Å². The molecule has 0 bridgehead atoms. The Balaban J connectivity index is 1.91. The molecule has 0 aliphatic rings. The second-order valence-electron chi connectivity index (χ2n) is 5.78. The third kappa shape index (κ3) is 3.39. The van der Waals surface area contributed by atoms with Gasteiger partial charge in [-0.05, 0) is 56.2 Å². The molecule has 0 radical (unpaired) electrons. The molecule has 3 aromatic rings. The molecule has 0 aliphatic heterocycles. The number of hydrogen-bond acceptors (Lipinski definition) is 3. The monoisotopic (exact) mass is 358 g/mol. The quantitative estimate of drug-likeness (QED) is 0.761. The van der Waals surface area contributed by atoms with Gasteiger partial charge in [-0.15, -0.1) is 5.10 Å². The van der Waals surface area contributed by atoms with Gasteiger partial charge >= 0.3 is 0 Å². The average Bonchev–Trinajstić information content (AvgIpc) is 2.95. The first kappa shape index (κ1) is 17.1. The molecule has 0 saturated heterocycles. The van der Waals surface area contributed by atoms with Crippen molar-refractivity contribution in [3.63, 3.8) is 0 Å². The van der Waals surface area contributed by atoms with Crippen LogP contribution in [0.25, 0.3) is 5.69 Å². The predicted molar refractivity (Wildman–Crippen MR) is 94.9 cm³/mol. The van der Waals surface area contributed by atoms with E-state index in [4.69, 9.17) is 11.6 Å². The van der Waals surface area contributed by atoms with E-state index in [-0.39, 0.29) is 11.5 Å². The van der Waals surface area contributed by atoms with Crippen LogP contribution in [0.2, 0.25) is 5.02 Å². The predicted octanol–water partition coefficient (Wildman–Crippen LogP) is 4.24. The molecule has 3 rings (SSSR count). The number of nitrogens with one attached hydrogen (secondary N) is 1. The number of amides is 1. The van der Waals surface area contributed by atoms with Crippen molar-refractivity contribution in [2.24, 2.45) is 0 Å². The van der Waals surface area contributed by atoms with Gasteiger partial charge in [0.15, 0.2) is 5.69 Å². The lowest BCUT2D eigenvalue weighted by atomic mass is 10.2. The number of anilines is 1. The number of benzene rings is 2. The molecule has 5 nitrogen and oxygen atoms in total. The van der Waals surface area contributed by atoms with Crippen LogP contribution in [-0.2, 0) is 0 Å². The Morgan fingerprint density at radius 2 is 1.84 bits per heavy atom. The number of carbonyl (C=O) groups excluding carboxylic acids is 1. The Morgan fingerprint density at radius 1 is 1.12 bits per heavy atom. The fourth-order valence-corrected chi connectivity index (χ4v) is 2.58. The zero-order chi connectivity index (χ0) is 18.1. The lowest BCUT2D eigenvalue weighted by molar-refractivity contribution is 0.102. The minimum absolute atomic E-state index is 0.167. The maximum atomic E-state index is 13.8. The van der Waals surface area contributed by atoms with Crippen molar-refractivity contribution in [1.29, 1.82) is 0 Å². The molecular weight excluding hydrogens is 343 g/mol. The summed E-state index contributed by atoms with van der Waals surface area (Å²) in [5.41, 5.74) is 3.21. The number of rotatable bonds is 3. The molecule has 128 valence electrons. The molecule has 0 fully saturated rings. The van der Waals surface area contributed by atoms with Gasteiger partial charge in [0.1, 0.15) is 5.82 Å². The van der Waals surface area contributed by atoms with Crippen LogP contribution in [0.15, 0.2) is 36.4 Å². The second kappa shape index (κ2) is 6.64. The van der Waals surface area contributed by atoms with Gasteiger partial charge in [0, 0.05) is 10.7 Å². The van der Waals surface area contributed by atoms with Gasteiger partial charge in [-0.25, -0.2) is 9.07 Å². The molecule has 2 aromatic carbocycles. The van der Waals surface area contributed by atoms with E-state index in [1.807, 2.05) is 13.0 Å². The maximum Gasteiger partial charge on any atom is 0.278 e. The van der Waals surface area contributed by atoms with E-state index in [0.717, 1.165) is 5.56 Å². The van der Waals surface area contributed by atoms with E-state index in [1.165, 1.54) is 10.7 Å².